The van der Waals surface area contributed by atoms with E-state index in [-0.39, 0.29) is 30.1 Å². The van der Waals surface area contributed by atoms with Crippen LogP contribution < -0.4 is 11.1 Å². The molecule has 0 saturated carbocycles. The van der Waals surface area contributed by atoms with Crippen molar-refractivity contribution < 1.29 is 9.59 Å². The van der Waals surface area contributed by atoms with E-state index in [1.165, 1.54) is 5.56 Å². The summed E-state index contributed by atoms with van der Waals surface area (Å²) in [5.74, 6) is 0.0752. The van der Waals surface area contributed by atoms with Crippen LogP contribution in [-0.2, 0) is 17.9 Å². The van der Waals surface area contributed by atoms with Gasteiger partial charge in [-0.05, 0) is 43.0 Å². The number of benzene rings is 2. The normalized spacial score (nSPS) is 14.3. The number of nitrogens with one attached hydrogen (secondary N) is 1. The highest BCUT2D eigenvalue weighted by atomic mass is 35.5. The van der Waals surface area contributed by atoms with Crippen LogP contribution >= 0.6 is 12.4 Å². The van der Waals surface area contributed by atoms with Crippen LogP contribution in [0, 0.1) is 12.8 Å². The van der Waals surface area contributed by atoms with Gasteiger partial charge in [-0.1, -0.05) is 42.0 Å². The van der Waals surface area contributed by atoms with E-state index < -0.39 is 0 Å². The number of carbonyl (C=O) groups excluding carboxylic acids is 2. The van der Waals surface area contributed by atoms with Gasteiger partial charge in [-0.15, -0.1) is 12.4 Å². The Kier molecular flexibility index (Phi) is 8.03. The summed E-state index contributed by atoms with van der Waals surface area (Å²) >= 11 is 0. The van der Waals surface area contributed by atoms with Crippen LogP contribution in [0.3, 0.4) is 0 Å². The molecule has 1 fully saturated rings. The first-order valence-corrected chi connectivity index (χ1v) is 9.48. The van der Waals surface area contributed by atoms with E-state index >= 15 is 0 Å². The SMILES string of the molecule is Cc1ccc(CNC(=O)C2CCN(C(=O)c3ccc(CN)cc3)CC2)cc1.Cl. The standard InChI is InChI=1S/C22H27N3O2.ClH/c1-16-2-4-18(5-3-16)15-24-21(26)19-10-12-25(13-11-19)22(27)20-8-6-17(14-23)7-9-20;/h2-9,19H,10-15,23H2,1H3,(H,24,26);1H. The van der Waals surface area contributed by atoms with Gasteiger partial charge in [-0.3, -0.25) is 9.59 Å². The van der Waals surface area contributed by atoms with Crippen LogP contribution in [0.2, 0.25) is 0 Å². The summed E-state index contributed by atoms with van der Waals surface area (Å²) in [5.41, 5.74) is 9.59. The Morgan fingerprint density at radius 2 is 1.57 bits per heavy atom. The lowest BCUT2D eigenvalue weighted by molar-refractivity contribution is -0.126. The Labute approximate surface area is 172 Å². The molecule has 0 aromatic heterocycles. The predicted molar refractivity (Wildman–Crippen MR) is 113 cm³/mol. The molecule has 5 nitrogen and oxygen atoms in total. The Balaban J connectivity index is 0.00000280. The first-order valence-electron chi connectivity index (χ1n) is 9.48. The largest absolute Gasteiger partial charge is 0.352 e. The number of carbonyl (C=O) groups is 2. The monoisotopic (exact) mass is 401 g/mol. The topological polar surface area (TPSA) is 75.4 Å². The molecule has 0 unspecified atom stereocenters. The minimum atomic E-state index is -0.0286. The molecule has 0 aliphatic carbocycles. The third-order valence-electron chi connectivity index (χ3n) is 5.18. The fourth-order valence-electron chi connectivity index (χ4n) is 3.35. The molecule has 2 aromatic rings. The van der Waals surface area contributed by atoms with Crippen LogP contribution in [0.15, 0.2) is 48.5 Å². The number of hydrogen-bond acceptors (Lipinski definition) is 3. The summed E-state index contributed by atoms with van der Waals surface area (Å²) in [5, 5.41) is 3.02. The number of likely N-dealkylation sites (tertiary alicyclic amines) is 1. The average Bonchev–Trinajstić information content (AvgIpc) is 2.73. The molecule has 1 saturated heterocycles. The lowest BCUT2D eigenvalue weighted by Crippen LogP contribution is -2.42. The molecule has 6 heteroatoms. The van der Waals surface area contributed by atoms with Gasteiger partial charge in [-0.2, -0.15) is 0 Å². The molecule has 2 aromatic carbocycles. The number of hydrogen-bond donors (Lipinski definition) is 2. The average molecular weight is 402 g/mol. The van der Waals surface area contributed by atoms with E-state index in [2.05, 4.69) is 5.32 Å². The lowest BCUT2D eigenvalue weighted by atomic mass is 9.95. The molecule has 3 N–H and O–H groups in total. The maximum atomic E-state index is 12.6. The molecule has 3 rings (SSSR count). The van der Waals surface area contributed by atoms with Crippen molar-refractivity contribution >= 4 is 24.2 Å². The molecule has 0 spiro atoms. The van der Waals surface area contributed by atoms with Crippen LogP contribution in [0.1, 0.15) is 39.9 Å². The first-order chi connectivity index (χ1) is 13.1. The quantitative estimate of drug-likeness (QED) is 0.808. The van der Waals surface area contributed by atoms with Gasteiger partial charge >= 0.3 is 0 Å². The maximum Gasteiger partial charge on any atom is 0.253 e. The zero-order valence-corrected chi connectivity index (χ0v) is 17.0. The van der Waals surface area contributed by atoms with Crippen LogP contribution in [0.25, 0.3) is 0 Å². The molecule has 1 aliphatic rings. The molecule has 150 valence electrons. The molecular formula is C22H28ClN3O2. The van der Waals surface area contributed by atoms with E-state index in [1.807, 2.05) is 60.4 Å². The minimum absolute atomic E-state index is 0. The lowest BCUT2D eigenvalue weighted by Gasteiger charge is -2.31. The van der Waals surface area contributed by atoms with Gasteiger partial charge in [0, 0.05) is 37.7 Å². The molecule has 28 heavy (non-hydrogen) atoms. The van der Waals surface area contributed by atoms with Crippen molar-refractivity contribution in [2.45, 2.75) is 32.9 Å². The van der Waals surface area contributed by atoms with Gasteiger partial charge in [0.2, 0.25) is 5.91 Å². The Morgan fingerprint density at radius 3 is 2.14 bits per heavy atom. The van der Waals surface area contributed by atoms with Crippen molar-refractivity contribution in [2.24, 2.45) is 11.7 Å². The second-order valence-electron chi connectivity index (χ2n) is 7.17. The zero-order valence-electron chi connectivity index (χ0n) is 16.2. The molecule has 1 aliphatic heterocycles. The first kappa shape index (κ1) is 21.9. The summed E-state index contributed by atoms with van der Waals surface area (Å²) in [6, 6.07) is 15.6. The highest BCUT2D eigenvalue weighted by Gasteiger charge is 2.27. The van der Waals surface area contributed by atoms with E-state index in [0.717, 1.165) is 11.1 Å². The Bertz CT molecular complexity index is 782. The summed E-state index contributed by atoms with van der Waals surface area (Å²) in [4.78, 5) is 26.9. The van der Waals surface area contributed by atoms with Crippen LogP contribution in [0.4, 0.5) is 0 Å². The minimum Gasteiger partial charge on any atom is -0.352 e. The molecule has 0 radical (unpaired) electrons. The van der Waals surface area contributed by atoms with E-state index in [9.17, 15) is 9.59 Å². The summed E-state index contributed by atoms with van der Waals surface area (Å²) in [7, 11) is 0. The second kappa shape index (κ2) is 10.2. The van der Waals surface area contributed by atoms with E-state index in [4.69, 9.17) is 5.73 Å². The number of nitrogens with zero attached hydrogens (tertiary/aromatic N) is 1. The highest BCUT2D eigenvalue weighted by Crippen LogP contribution is 2.20. The van der Waals surface area contributed by atoms with Crippen molar-refractivity contribution in [1.29, 1.82) is 0 Å². The maximum absolute atomic E-state index is 12.6. The van der Waals surface area contributed by atoms with Crippen molar-refractivity contribution in [2.75, 3.05) is 13.1 Å². The van der Waals surface area contributed by atoms with Crippen LogP contribution in [0.5, 0.6) is 0 Å². The Hall–Kier alpha value is -2.37. The molecule has 0 atom stereocenters. The van der Waals surface area contributed by atoms with Crippen molar-refractivity contribution in [3.8, 4) is 0 Å². The molecular weight excluding hydrogens is 374 g/mol. The number of amides is 2. The van der Waals surface area contributed by atoms with Gasteiger partial charge in [0.05, 0.1) is 0 Å². The summed E-state index contributed by atoms with van der Waals surface area (Å²) < 4.78 is 0. The number of rotatable bonds is 5. The van der Waals surface area contributed by atoms with Gasteiger partial charge in [0.1, 0.15) is 0 Å². The third-order valence-corrected chi connectivity index (χ3v) is 5.18. The summed E-state index contributed by atoms with van der Waals surface area (Å²) in [6.07, 6.45) is 1.40. The molecule has 2 amide bonds. The Morgan fingerprint density at radius 1 is 1.00 bits per heavy atom. The second-order valence-corrected chi connectivity index (χ2v) is 7.17. The predicted octanol–water partition coefficient (Wildman–Crippen LogP) is 3.04. The fourth-order valence-corrected chi connectivity index (χ4v) is 3.35. The van der Waals surface area contributed by atoms with Crippen molar-refractivity contribution in [3.05, 3.63) is 70.8 Å². The zero-order chi connectivity index (χ0) is 19.2. The van der Waals surface area contributed by atoms with E-state index in [0.29, 0.717) is 44.6 Å². The summed E-state index contributed by atoms with van der Waals surface area (Å²) in [6.45, 7) is 4.29. The van der Waals surface area contributed by atoms with E-state index in [1.54, 1.807) is 0 Å². The number of piperidine rings is 1. The van der Waals surface area contributed by atoms with Gasteiger partial charge < -0.3 is 16.0 Å². The van der Waals surface area contributed by atoms with Gasteiger partial charge in [0.25, 0.3) is 5.91 Å². The smallest absolute Gasteiger partial charge is 0.253 e. The third kappa shape index (κ3) is 5.57. The number of nitrogens with two attached hydrogens (primary N) is 1. The number of halogens is 1. The molecule has 0 bridgehead atoms. The van der Waals surface area contributed by atoms with Crippen LogP contribution in [-0.4, -0.2) is 29.8 Å². The fraction of sp³-hybridized carbons (Fsp3) is 0.364. The van der Waals surface area contributed by atoms with Crippen molar-refractivity contribution in [1.82, 2.24) is 10.2 Å². The van der Waals surface area contributed by atoms with Gasteiger partial charge in [-0.25, -0.2) is 0 Å². The number of aryl methyl sites for hydroxylation is 1. The van der Waals surface area contributed by atoms with Crippen molar-refractivity contribution in [3.63, 3.8) is 0 Å². The van der Waals surface area contributed by atoms with Gasteiger partial charge in [0.15, 0.2) is 0 Å². The molecule has 1 heterocycles. The highest BCUT2D eigenvalue weighted by molar-refractivity contribution is 5.94.